The van der Waals surface area contributed by atoms with Crippen LogP contribution in [0, 0.1) is 11.3 Å². The van der Waals surface area contributed by atoms with Crippen LogP contribution in [0.2, 0.25) is 0 Å². The van der Waals surface area contributed by atoms with E-state index in [0.29, 0.717) is 6.42 Å². The van der Waals surface area contributed by atoms with Gasteiger partial charge in [-0.3, -0.25) is 4.90 Å². The normalized spacial score (nSPS) is 17.2. The summed E-state index contributed by atoms with van der Waals surface area (Å²) in [5, 5.41) is 12.4. The van der Waals surface area contributed by atoms with E-state index in [0.717, 1.165) is 43.9 Å². The second kappa shape index (κ2) is 8.00. The van der Waals surface area contributed by atoms with Gasteiger partial charge in [-0.05, 0) is 55.8 Å². The minimum absolute atomic E-state index is 0.180. The first kappa shape index (κ1) is 17.2. The highest BCUT2D eigenvalue weighted by Gasteiger charge is 2.31. The molecular weight excluding hydrogens is 409 g/mol. The van der Waals surface area contributed by atoms with Gasteiger partial charge in [0.1, 0.15) is 0 Å². The van der Waals surface area contributed by atoms with Gasteiger partial charge in [0.15, 0.2) is 0 Å². The molecule has 2 aromatic rings. The molecule has 3 nitrogen and oxygen atoms in total. The quantitative estimate of drug-likeness (QED) is 0.528. The molecule has 0 radical (unpaired) electrons. The maximum Gasteiger partial charge on any atom is 0.0635 e. The Bertz CT molecular complexity index is 700. The van der Waals surface area contributed by atoms with Crippen LogP contribution in [-0.2, 0) is 6.54 Å². The Hall–Kier alpha value is -1.58. The van der Waals surface area contributed by atoms with Gasteiger partial charge in [0.05, 0.1) is 6.07 Å². The lowest BCUT2D eigenvalue weighted by molar-refractivity contribution is 0.199. The highest BCUT2D eigenvalue weighted by Crippen LogP contribution is 2.35. The molecule has 24 heavy (non-hydrogen) atoms. The molecule has 1 fully saturated rings. The summed E-state index contributed by atoms with van der Waals surface area (Å²) >= 11 is 2.49. The molecule has 1 saturated heterocycles. The number of benzene rings is 2. The maximum absolute atomic E-state index is 8.96. The first-order valence-electron chi connectivity index (χ1n) is 8.36. The molecule has 3 rings (SSSR count). The summed E-state index contributed by atoms with van der Waals surface area (Å²) in [6.07, 6.45) is 2.87. The molecule has 0 spiro atoms. The van der Waals surface area contributed by atoms with E-state index in [9.17, 15) is 0 Å². The van der Waals surface area contributed by atoms with Crippen molar-refractivity contribution >= 4 is 34.0 Å². The van der Waals surface area contributed by atoms with E-state index >= 15 is 0 Å². The van der Waals surface area contributed by atoms with Crippen molar-refractivity contribution in [3.05, 3.63) is 60.2 Å². The van der Waals surface area contributed by atoms with E-state index in [4.69, 9.17) is 5.26 Å². The largest absolute Gasteiger partial charge is 0.356 e. The third kappa shape index (κ3) is 4.71. The Kier molecular flexibility index (Phi) is 5.75. The number of anilines is 2. The van der Waals surface area contributed by atoms with Crippen molar-refractivity contribution in [1.82, 2.24) is 4.90 Å². The zero-order chi connectivity index (χ0) is 16.8. The van der Waals surface area contributed by atoms with Crippen molar-refractivity contribution in [3.63, 3.8) is 0 Å². The summed E-state index contributed by atoms with van der Waals surface area (Å²) in [7, 11) is 0. The lowest BCUT2D eigenvalue weighted by Crippen LogP contribution is -2.40. The Morgan fingerprint density at radius 2 is 1.75 bits per heavy atom. The van der Waals surface area contributed by atoms with Crippen molar-refractivity contribution in [2.24, 2.45) is 0 Å². The number of alkyl halides is 1. The van der Waals surface area contributed by atoms with Gasteiger partial charge in [0.2, 0.25) is 0 Å². The van der Waals surface area contributed by atoms with Crippen molar-refractivity contribution in [2.75, 3.05) is 18.4 Å². The van der Waals surface area contributed by atoms with E-state index in [-0.39, 0.29) is 3.42 Å². The van der Waals surface area contributed by atoms with Crippen LogP contribution >= 0.6 is 22.6 Å². The van der Waals surface area contributed by atoms with Crippen LogP contribution in [0.5, 0.6) is 0 Å². The molecule has 124 valence electrons. The third-order valence-corrected chi connectivity index (χ3v) is 6.00. The van der Waals surface area contributed by atoms with Gasteiger partial charge in [-0.1, -0.05) is 52.9 Å². The topological polar surface area (TPSA) is 39.1 Å². The van der Waals surface area contributed by atoms with Crippen LogP contribution in [0.25, 0.3) is 0 Å². The van der Waals surface area contributed by atoms with Crippen molar-refractivity contribution in [2.45, 2.75) is 29.2 Å². The Morgan fingerprint density at radius 1 is 1.04 bits per heavy atom. The van der Waals surface area contributed by atoms with Crippen molar-refractivity contribution < 1.29 is 0 Å². The number of rotatable bonds is 5. The van der Waals surface area contributed by atoms with Gasteiger partial charge in [-0.25, -0.2) is 0 Å². The second-order valence-corrected chi connectivity index (χ2v) is 8.74. The number of piperidine rings is 1. The summed E-state index contributed by atoms with van der Waals surface area (Å²) in [6.45, 7) is 3.12. The lowest BCUT2D eigenvalue weighted by Gasteiger charge is -2.36. The molecule has 2 aromatic carbocycles. The van der Waals surface area contributed by atoms with E-state index in [2.05, 4.69) is 75.3 Å². The maximum atomic E-state index is 8.96. The van der Waals surface area contributed by atoms with E-state index in [1.54, 1.807) is 0 Å². The standard InChI is InChI=1S/C20H22IN3/c21-20(9-12-22)10-13-24(14-11-20)16-17-5-4-8-19(15-17)23-18-6-2-1-3-7-18/h1-8,15,23H,9-11,13-14,16H2. The molecule has 0 bridgehead atoms. The van der Waals surface area contributed by atoms with Crippen LogP contribution in [-0.4, -0.2) is 21.4 Å². The molecule has 0 unspecified atom stereocenters. The molecule has 1 heterocycles. The minimum Gasteiger partial charge on any atom is -0.356 e. The minimum atomic E-state index is 0.180. The molecular formula is C20H22IN3. The van der Waals surface area contributed by atoms with Crippen molar-refractivity contribution in [3.8, 4) is 6.07 Å². The van der Waals surface area contributed by atoms with Gasteiger partial charge < -0.3 is 5.32 Å². The van der Waals surface area contributed by atoms with E-state index < -0.39 is 0 Å². The number of halogens is 1. The number of likely N-dealkylation sites (tertiary alicyclic amines) is 1. The first-order valence-corrected chi connectivity index (χ1v) is 9.44. The lowest BCUT2D eigenvalue weighted by atomic mass is 9.94. The molecule has 0 atom stereocenters. The fraction of sp³-hybridized carbons (Fsp3) is 0.350. The molecule has 0 saturated carbocycles. The molecule has 4 heteroatoms. The summed E-state index contributed by atoms with van der Waals surface area (Å²) in [6, 6.07) is 21.2. The van der Waals surface area contributed by atoms with Crippen LogP contribution in [0.1, 0.15) is 24.8 Å². The van der Waals surface area contributed by atoms with Crippen LogP contribution in [0.15, 0.2) is 54.6 Å². The molecule has 1 N–H and O–H groups in total. The average molecular weight is 431 g/mol. The molecule has 0 aliphatic carbocycles. The fourth-order valence-corrected chi connectivity index (χ4v) is 3.78. The SMILES string of the molecule is N#CCC1(I)CCN(Cc2cccc(Nc3ccccc3)c2)CC1. The summed E-state index contributed by atoms with van der Waals surface area (Å²) in [5.41, 5.74) is 3.57. The van der Waals surface area contributed by atoms with Gasteiger partial charge in [-0.15, -0.1) is 0 Å². The average Bonchev–Trinajstić information content (AvgIpc) is 2.59. The Labute approximate surface area is 157 Å². The van der Waals surface area contributed by atoms with Crippen LogP contribution in [0.3, 0.4) is 0 Å². The van der Waals surface area contributed by atoms with Crippen molar-refractivity contribution in [1.29, 1.82) is 5.26 Å². The number of nitrogens with one attached hydrogen (secondary N) is 1. The fourth-order valence-electron chi connectivity index (χ4n) is 3.12. The molecule has 1 aliphatic heterocycles. The van der Waals surface area contributed by atoms with E-state index in [1.807, 2.05) is 18.2 Å². The summed E-state index contributed by atoms with van der Waals surface area (Å²) < 4.78 is 0.180. The van der Waals surface area contributed by atoms with Gasteiger partial charge in [-0.2, -0.15) is 5.26 Å². The predicted octanol–water partition coefficient (Wildman–Crippen LogP) is 5.11. The molecule has 1 aliphatic rings. The van der Waals surface area contributed by atoms with Gasteiger partial charge in [0, 0.05) is 27.8 Å². The Balaban J connectivity index is 1.59. The van der Waals surface area contributed by atoms with Gasteiger partial charge >= 0.3 is 0 Å². The van der Waals surface area contributed by atoms with Crippen LogP contribution in [0.4, 0.5) is 11.4 Å². The molecule has 0 amide bonds. The Morgan fingerprint density at radius 3 is 2.46 bits per heavy atom. The zero-order valence-corrected chi connectivity index (χ0v) is 15.9. The van der Waals surface area contributed by atoms with Gasteiger partial charge in [0.25, 0.3) is 0 Å². The number of para-hydroxylation sites is 1. The number of hydrogen-bond acceptors (Lipinski definition) is 3. The number of nitrogens with zero attached hydrogens (tertiary/aromatic N) is 2. The number of nitriles is 1. The third-order valence-electron chi connectivity index (χ3n) is 4.54. The summed E-state index contributed by atoms with van der Waals surface area (Å²) in [5.74, 6) is 0. The first-order chi connectivity index (χ1) is 11.7. The summed E-state index contributed by atoms with van der Waals surface area (Å²) in [4.78, 5) is 2.50. The number of hydrogen-bond donors (Lipinski definition) is 1. The zero-order valence-electron chi connectivity index (χ0n) is 13.7. The van der Waals surface area contributed by atoms with E-state index in [1.165, 1.54) is 5.56 Å². The smallest absolute Gasteiger partial charge is 0.0635 e. The second-order valence-electron chi connectivity index (χ2n) is 6.45. The predicted molar refractivity (Wildman–Crippen MR) is 108 cm³/mol. The highest BCUT2D eigenvalue weighted by atomic mass is 127. The monoisotopic (exact) mass is 431 g/mol. The van der Waals surface area contributed by atoms with Crippen LogP contribution < -0.4 is 5.32 Å². The molecule has 0 aromatic heterocycles. The highest BCUT2D eigenvalue weighted by molar-refractivity contribution is 14.1.